The van der Waals surface area contributed by atoms with Gasteiger partial charge in [0.05, 0.1) is 10.7 Å². The molecule has 0 spiro atoms. The first-order valence-electron chi connectivity index (χ1n) is 16.0. The quantitative estimate of drug-likeness (QED) is 0.142. The topological polar surface area (TPSA) is 90.1 Å². The Morgan fingerprint density at radius 1 is 0.935 bits per heavy atom. The van der Waals surface area contributed by atoms with Gasteiger partial charge in [-0.2, -0.15) is 0 Å². The van der Waals surface area contributed by atoms with Crippen LogP contribution in [-0.2, 0) is 9.22 Å². The number of carbonyl (C=O) groups is 1. The highest BCUT2D eigenvalue weighted by Gasteiger charge is 2.62. The Bertz CT molecular complexity index is 1880. The maximum atomic E-state index is 13.5. The van der Waals surface area contributed by atoms with E-state index in [-0.39, 0.29) is 23.0 Å². The zero-order valence-corrected chi connectivity index (χ0v) is 28.4. The number of amides is 1. The monoisotopic (exact) mass is 646 g/mol. The molecule has 2 atom stereocenters. The molecule has 0 radical (unpaired) electrons. The number of halogens is 1. The fourth-order valence-electron chi connectivity index (χ4n) is 7.73. The number of nitrogens with one attached hydrogen (secondary N) is 1. The van der Waals surface area contributed by atoms with E-state index in [0.29, 0.717) is 28.4 Å². The summed E-state index contributed by atoms with van der Waals surface area (Å²) < 4.78 is 7.38. The molecule has 2 saturated carbocycles. The minimum atomic E-state index is -2.64. The van der Waals surface area contributed by atoms with Crippen molar-refractivity contribution in [2.45, 2.75) is 51.7 Å². The van der Waals surface area contributed by atoms with Crippen LogP contribution in [-0.4, -0.2) is 30.3 Å². The molecule has 5 aromatic rings. The molecule has 3 aromatic carbocycles. The van der Waals surface area contributed by atoms with Gasteiger partial charge in [0.15, 0.2) is 0 Å². The highest BCUT2D eigenvalue weighted by Crippen LogP contribution is 2.59. The van der Waals surface area contributed by atoms with Crippen LogP contribution in [0.1, 0.15) is 39.2 Å². The molecule has 0 aliphatic heterocycles. The minimum Gasteiger partial charge on any atom is -0.404 e. The molecular formula is C38H39ClN4O2Si. The highest BCUT2D eigenvalue weighted by atomic mass is 35.5. The van der Waals surface area contributed by atoms with Gasteiger partial charge in [-0.1, -0.05) is 93.0 Å². The van der Waals surface area contributed by atoms with Gasteiger partial charge in [0, 0.05) is 47.1 Å². The average molecular weight is 647 g/mol. The zero-order valence-electron chi connectivity index (χ0n) is 26.6. The smallest absolute Gasteiger partial charge is 0.261 e. The number of rotatable bonds is 7. The molecule has 7 rings (SSSR count). The number of nitrogens with zero attached hydrogens (tertiary/aromatic N) is 2. The number of hydrogen-bond acceptors (Lipinski definition) is 5. The summed E-state index contributed by atoms with van der Waals surface area (Å²) in [5.74, 6) is 1.14. The number of carbonyl (C=O) groups excluding carboxylic acids is 1. The van der Waals surface area contributed by atoms with Gasteiger partial charge < -0.3 is 15.5 Å². The Hall–Kier alpha value is -4.04. The molecule has 2 aliphatic rings. The van der Waals surface area contributed by atoms with E-state index in [9.17, 15) is 4.79 Å². The van der Waals surface area contributed by atoms with Crippen molar-refractivity contribution >= 4 is 58.5 Å². The van der Waals surface area contributed by atoms with Gasteiger partial charge in [-0.3, -0.25) is 9.78 Å². The Balaban J connectivity index is 1.09. The van der Waals surface area contributed by atoms with E-state index in [4.69, 9.17) is 21.8 Å². The van der Waals surface area contributed by atoms with Crippen LogP contribution >= 0.6 is 11.6 Å². The molecule has 2 aromatic heterocycles. The van der Waals surface area contributed by atoms with Crippen molar-refractivity contribution in [1.82, 2.24) is 9.97 Å². The second kappa shape index (κ2) is 11.6. The van der Waals surface area contributed by atoms with E-state index < -0.39 is 8.32 Å². The number of aryl methyl sites for hydroxylation is 1. The lowest BCUT2D eigenvalue weighted by Gasteiger charge is -2.45. The summed E-state index contributed by atoms with van der Waals surface area (Å²) in [5.41, 5.74) is 9.69. The zero-order chi connectivity index (χ0) is 32.2. The van der Waals surface area contributed by atoms with Gasteiger partial charge in [-0.25, -0.2) is 4.98 Å². The van der Waals surface area contributed by atoms with Crippen molar-refractivity contribution < 1.29 is 9.22 Å². The second-order valence-electron chi connectivity index (χ2n) is 13.9. The molecule has 0 bridgehead atoms. The Kier molecular flexibility index (Phi) is 7.74. The number of anilines is 2. The summed E-state index contributed by atoms with van der Waals surface area (Å²) in [6.07, 6.45) is 7.13. The summed E-state index contributed by atoms with van der Waals surface area (Å²) in [6, 6.07) is 27.3. The molecule has 2 unspecified atom stereocenters. The second-order valence-corrected chi connectivity index (χ2v) is 18.5. The third-order valence-electron chi connectivity index (χ3n) is 10.0. The Morgan fingerprint density at radius 3 is 2.15 bits per heavy atom. The third-order valence-corrected chi connectivity index (χ3v) is 15.5. The number of pyridine rings is 2. The molecule has 46 heavy (non-hydrogen) atoms. The third kappa shape index (κ3) is 5.20. The molecule has 6 nitrogen and oxygen atoms in total. The Morgan fingerprint density at radius 2 is 1.57 bits per heavy atom. The maximum Gasteiger partial charge on any atom is 0.261 e. The van der Waals surface area contributed by atoms with Crippen LogP contribution in [0.2, 0.25) is 10.1 Å². The number of nitrogens with two attached hydrogens (primary N) is 1. The molecule has 1 amide bonds. The van der Waals surface area contributed by atoms with Gasteiger partial charge in [0.25, 0.3) is 8.32 Å². The predicted molar refractivity (Wildman–Crippen MR) is 190 cm³/mol. The molecule has 2 fully saturated rings. The van der Waals surface area contributed by atoms with E-state index in [2.05, 4.69) is 96.7 Å². The molecule has 0 saturated heterocycles. The lowest BCUT2D eigenvalue weighted by Crippen LogP contribution is -2.67. The average Bonchev–Trinajstić information content (AvgIpc) is 3.56. The maximum absolute atomic E-state index is 13.5. The van der Waals surface area contributed by atoms with Crippen molar-refractivity contribution in [2.24, 2.45) is 17.8 Å². The van der Waals surface area contributed by atoms with Gasteiger partial charge in [-0.15, -0.1) is 0 Å². The molecule has 8 heteroatoms. The van der Waals surface area contributed by atoms with Crippen LogP contribution in [0.5, 0.6) is 0 Å². The van der Waals surface area contributed by atoms with Crippen molar-refractivity contribution in [1.29, 1.82) is 0 Å². The van der Waals surface area contributed by atoms with Gasteiger partial charge in [-0.05, 0) is 76.2 Å². The first-order valence-corrected chi connectivity index (χ1v) is 18.3. The number of benzene rings is 3. The van der Waals surface area contributed by atoms with Crippen LogP contribution in [0.15, 0.2) is 97.5 Å². The number of aromatic nitrogens is 2. The van der Waals surface area contributed by atoms with Gasteiger partial charge in [0.2, 0.25) is 5.91 Å². The molecule has 3 N–H and O–H groups in total. The molecule has 2 heterocycles. The van der Waals surface area contributed by atoms with Gasteiger partial charge >= 0.3 is 0 Å². The lowest BCUT2D eigenvalue weighted by atomic mass is 9.99. The van der Waals surface area contributed by atoms with E-state index >= 15 is 0 Å². The molecule has 234 valence electrons. The van der Waals surface area contributed by atoms with E-state index in [1.807, 2.05) is 25.1 Å². The summed E-state index contributed by atoms with van der Waals surface area (Å²) in [7, 11) is -2.64. The van der Waals surface area contributed by atoms with Crippen molar-refractivity contribution in [3.05, 3.63) is 108 Å². The number of hydrogen-bond donors (Lipinski definition) is 2. The van der Waals surface area contributed by atoms with E-state index in [0.717, 1.165) is 40.3 Å². The highest BCUT2D eigenvalue weighted by molar-refractivity contribution is 6.99. The minimum absolute atomic E-state index is 0.0241. The van der Waals surface area contributed by atoms with Crippen molar-refractivity contribution in [3.63, 3.8) is 0 Å². The van der Waals surface area contributed by atoms with E-state index in [1.54, 1.807) is 18.6 Å². The van der Waals surface area contributed by atoms with Gasteiger partial charge in [0.1, 0.15) is 5.82 Å². The first kappa shape index (κ1) is 30.6. The summed E-state index contributed by atoms with van der Waals surface area (Å²) >= 11 is 6.70. The number of fused-ring (bicyclic) bond motifs is 2. The fourth-order valence-corrected chi connectivity index (χ4v) is 12.7. The van der Waals surface area contributed by atoms with E-state index in [1.165, 1.54) is 10.4 Å². The van der Waals surface area contributed by atoms with Crippen LogP contribution in [0.4, 0.5) is 11.5 Å². The normalized spacial score (nSPS) is 20.8. The summed E-state index contributed by atoms with van der Waals surface area (Å²) in [5, 5.41) is 7.68. The largest absolute Gasteiger partial charge is 0.404 e. The Labute approximate surface area is 276 Å². The lowest BCUT2D eigenvalue weighted by molar-refractivity contribution is -0.118. The standard InChI is InChI=1S/C38H39ClN4O2Si/c1-23-15-16-41-21-31(23)30-17-24-18-33(42-22-32(24)36(40)35(30)39)43-37(44)34-28-19-25(20-29(28)34)45-46(38(2,3)4,26-11-7-5-8-12-26)27-13-9-6-10-14-27/h5-18,21-22,25,28-29,34H,19-20,40H2,1-4H3,(H,42,43,44). The summed E-state index contributed by atoms with van der Waals surface area (Å²) in [6.45, 7) is 8.95. The van der Waals surface area contributed by atoms with Crippen molar-refractivity contribution in [2.75, 3.05) is 11.1 Å². The van der Waals surface area contributed by atoms with Crippen LogP contribution < -0.4 is 21.4 Å². The first-order chi connectivity index (χ1) is 22.1. The van der Waals surface area contributed by atoms with Crippen LogP contribution in [0.25, 0.3) is 21.9 Å². The fraction of sp³-hybridized carbons (Fsp3) is 0.289. The predicted octanol–water partition coefficient (Wildman–Crippen LogP) is 7.38. The van der Waals surface area contributed by atoms with Crippen molar-refractivity contribution in [3.8, 4) is 11.1 Å². The van der Waals surface area contributed by atoms with Crippen LogP contribution in [0.3, 0.4) is 0 Å². The van der Waals surface area contributed by atoms with Crippen LogP contribution in [0, 0.1) is 24.7 Å². The molecular weight excluding hydrogens is 608 g/mol. The SMILES string of the molecule is Cc1ccncc1-c1cc2cc(NC(=O)C3C4CC(O[Si](c5ccccc5)(c5ccccc5)C(C)(C)C)CC43)ncc2c(N)c1Cl. The number of nitrogen functional groups attached to an aromatic ring is 1. The summed E-state index contributed by atoms with van der Waals surface area (Å²) in [4.78, 5) is 22.3. The molecule has 2 aliphatic carbocycles.